The predicted octanol–water partition coefficient (Wildman–Crippen LogP) is 0.553. The number of hydrogen-bond donors (Lipinski definition) is 0. The van der Waals surface area contributed by atoms with Crippen molar-refractivity contribution in [2.45, 2.75) is 12.8 Å². The van der Waals surface area contributed by atoms with Gasteiger partial charge in [0, 0.05) is 7.05 Å². The van der Waals surface area contributed by atoms with Crippen LogP contribution in [0.3, 0.4) is 0 Å². The zero-order chi connectivity index (χ0) is 9.14. The number of rotatable bonds is 2. The minimum atomic E-state index is -0.769. The first-order valence-corrected chi connectivity index (χ1v) is 3.68. The molecule has 1 fully saturated rings. The van der Waals surface area contributed by atoms with E-state index in [9.17, 15) is 9.59 Å². The van der Waals surface area contributed by atoms with Crippen LogP contribution >= 0.6 is 0 Å². The molecular formula is C7H11NO4. The second kappa shape index (κ2) is 3.53. The van der Waals surface area contributed by atoms with Gasteiger partial charge in [0.2, 0.25) is 0 Å². The smallest absolute Gasteiger partial charge is 0.374 e. The van der Waals surface area contributed by atoms with E-state index < -0.39 is 12.1 Å². The Labute approximate surface area is 70.2 Å². The Morgan fingerprint density at radius 3 is 2.42 bits per heavy atom. The van der Waals surface area contributed by atoms with Gasteiger partial charge in [-0.25, -0.2) is 4.79 Å². The third-order valence-electron chi connectivity index (χ3n) is 1.63. The van der Waals surface area contributed by atoms with E-state index in [-0.39, 0.29) is 5.92 Å². The normalized spacial score (nSPS) is 15.5. The summed E-state index contributed by atoms with van der Waals surface area (Å²) < 4.78 is 4.45. The van der Waals surface area contributed by atoms with Crippen LogP contribution in [-0.4, -0.2) is 31.3 Å². The van der Waals surface area contributed by atoms with E-state index >= 15 is 0 Å². The Hall–Kier alpha value is -1.10. The summed E-state index contributed by atoms with van der Waals surface area (Å²) in [5.74, 6) is -0.525. The van der Waals surface area contributed by atoms with Crippen molar-refractivity contribution in [2.75, 3.05) is 14.2 Å². The van der Waals surface area contributed by atoms with Gasteiger partial charge in [-0.1, -0.05) is 0 Å². The average molecular weight is 173 g/mol. The van der Waals surface area contributed by atoms with Gasteiger partial charge in [0.05, 0.1) is 13.0 Å². The molecule has 0 saturated heterocycles. The Morgan fingerprint density at radius 1 is 1.42 bits per heavy atom. The van der Waals surface area contributed by atoms with Crippen molar-refractivity contribution >= 4 is 12.1 Å². The van der Waals surface area contributed by atoms with E-state index in [1.807, 2.05) is 0 Å². The summed E-state index contributed by atoms with van der Waals surface area (Å²) in [7, 11) is 2.70. The van der Waals surface area contributed by atoms with Crippen LogP contribution in [0.1, 0.15) is 12.8 Å². The van der Waals surface area contributed by atoms with Crippen molar-refractivity contribution in [3.8, 4) is 0 Å². The lowest BCUT2D eigenvalue weighted by Crippen LogP contribution is -2.28. The summed E-state index contributed by atoms with van der Waals surface area (Å²) in [6.45, 7) is 0. The molecule has 0 bridgehead atoms. The second-order valence-electron chi connectivity index (χ2n) is 2.64. The maximum absolute atomic E-state index is 10.9. The zero-order valence-corrected chi connectivity index (χ0v) is 7.07. The zero-order valence-electron chi connectivity index (χ0n) is 7.07. The summed E-state index contributed by atoms with van der Waals surface area (Å²) >= 11 is 0. The van der Waals surface area contributed by atoms with Gasteiger partial charge in [-0.15, -0.1) is 0 Å². The molecule has 0 aromatic carbocycles. The van der Waals surface area contributed by atoms with Crippen molar-refractivity contribution in [1.82, 2.24) is 5.06 Å². The molecule has 0 aliphatic heterocycles. The molecule has 68 valence electrons. The SMILES string of the molecule is CON(C)C(=O)OC(=O)C1CC1. The number of hydroxylamine groups is 2. The van der Waals surface area contributed by atoms with Crippen molar-refractivity contribution < 1.29 is 19.2 Å². The van der Waals surface area contributed by atoms with Crippen LogP contribution in [0.5, 0.6) is 0 Å². The molecule has 5 nitrogen and oxygen atoms in total. The summed E-state index contributed by atoms with van der Waals surface area (Å²) in [6, 6.07) is 0. The first kappa shape index (κ1) is 8.99. The van der Waals surface area contributed by atoms with Crippen LogP contribution in [-0.2, 0) is 14.4 Å². The lowest BCUT2D eigenvalue weighted by molar-refractivity contribution is -0.146. The number of esters is 1. The van der Waals surface area contributed by atoms with E-state index in [0.29, 0.717) is 0 Å². The molecule has 0 N–H and O–H groups in total. The maximum atomic E-state index is 10.9. The monoisotopic (exact) mass is 173 g/mol. The molecule has 1 amide bonds. The number of ether oxygens (including phenoxy) is 1. The fourth-order valence-electron chi connectivity index (χ4n) is 0.627. The topological polar surface area (TPSA) is 55.8 Å². The standard InChI is InChI=1S/C7H11NO4/c1-8(11-2)7(10)12-6(9)5-3-4-5/h5H,3-4H2,1-2H3. The number of carbonyl (C=O) groups is 2. The highest BCUT2D eigenvalue weighted by Crippen LogP contribution is 2.30. The Morgan fingerprint density at radius 2 is 2.00 bits per heavy atom. The molecule has 12 heavy (non-hydrogen) atoms. The van der Waals surface area contributed by atoms with Gasteiger partial charge in [0.15, 0.2) is 0 Å². The largest absolute Gasteiger partial charge is 0.441 e. The Kier molecular flexibility index (Phi) is 2.65. The van der Waals surface area contributed by atoms with Gasteiger partial charge in [-0.3, -0.25) is 9.63 Å². The summed E-state index contributed by atoms with van der Waals surface area (Å²) in [5.41, 5.74) is 0. The highest BCUT2D eigenvalue weighted by Gasteiger charge is 2.33. The van der Waals surface area contributed by atoms with E-state index in [0.717, 1.165) is 17.9 Å². The fraction of sp³-hybridized carbons (Fsp3) is 0.714. The van der Waals surface area contributed by atoms with Gasteiger partial charge in [0.25, 0.3) is 0 Å². The molecule has 0 aromatic heterocycles. The molecule has 1 aliphatic carbocycles. The molecule has 0 unspecified atom stereocenters. The van der Waals surface area contributed by atoms with Crippen LogP contribution < -0.4 is 0 Å². The molecule has 0 radical (unpaired) electrons. The van der Waals surface area contributed by atoms with Gasteiger partial charge in [-0.05, 0) is 12.8 Å². The molecule has 0 heterocycles. The third-order valence-corrected chi connectivity index (χ3v) is 1.63. The van der Waals surface area contributed by atoms with Crippen molar-refractivity contribution in [3.05, 3.63) is 0 Å². The van der Waals surface area contributed by atoms with Crippen LogP contribution in [0.2, 0.25) is 0 Å². The van der Waals surface area contributed by atoms with Crippen LogP contribution in [0.4, 0.5) is 4.79 Å². The Bertz CT molecular complexity index is 200. The molecule has 1 aliphatic rings. The molecule has 5 heteroatoms. The van der Waals surface area contributed by atoms with E-state index in [4.69, 9.17) is 0 Å². The van der Waals surface area contributed by atoms with Crippen LogP contribution in [0.25, 0.3) is 0 Å². The lowest BCUT2D eigenvalue weighted by Gasteiger charge is -2.11. The third kappa shape index (κ3) is 2.20. The molecule has 1 saturated carbocycles. The lowest BCUT2D eigenvalue weighted by atomic mass is 10.4. The molecule has 0 spiro atoms. The Balaban J connectivity index is 2.29. The average Bonchev–Trinajstić information content (AvgIpc) is 2.84. The number of carbonyl (C=O) groups excluding carboxylic acids is 2. The first-order chi connectivity index (χ1) is 5.65. The first-order valence-electron chi connectivity index (χ1n) is 3.68. The molecule has 0 atom stereocenters. The van der Waals surface area contributed by atoms with E-state index in [2.05, 4.69) is 9.57 Å². The minimum Gasteiger partial charge on any atom is -0.374 e. The van der Waals surface area contributed by atoms with Gasteiger partial charge < -0.3 is 4.74 Å². The molecule has 1 rings (SSSR count). The van der Waals surface area contributed by atoms with Crippen molar-refractivity contribution in [2.24, 2.45) is 5.92 Å². The fourth-order valence-corrected chi connectivity index (χ4v) is 0.627. The van der Waals surface area contributed by atoms with E-state index in [1.165, 1.54) is 14.2 Å². The van der Waals surface area contributed by atoms with Gasteiger partial charge in [0.1, 0.15) is 0 Å². The highest BCUT2D eigenvalue weighted by molar-refractivity contribution is 5.86. The quantitative estimate of drug-likeness (QED) is 0.347. The van der Waals surface area contributed by atoms with Crippen LogP contribution in [0.15, 0.2) is 0 Å². The predicted molar refractivity (Wildman–Crippen MR) is 39.0 cm³/mol. The number of nitrogens with zero attached hydrogens (tertiary/aromatic N) is 1. The number of hydrogen-bond acceptors (Lipinski definition) is 4. The highest BCUT2D eigenvalue weighted by atomic mass is 16.7. The summed E-state index contributed by atoms with van der Waals surface area (Å²) in [6.07, 6.45) is 0.875. The maximum Gasteiger partial charge on any atom is 0.441 e. The van der Waals surface area contributed by atoms with Crippen molar-refractivity contribution in [3.63, 3.8) is 0 Å². The van der Waals surface area contributed by atoms with E-state index in [1.54, 1.807) is 0 Å². The molecule has 0 aromatic rings. The summed E-state index contributed by atoms with van der Waals surface area (Å²) in [5, 5.41) is 0.861. The number of amides is 1. The van der Waals surface area contributed by atoms with Gasteiger partial charge >= 0.3 is 12.1 Å². The second-order valence-corrected chi connectivity index (χ2v) is 2.64. The van der Waals surface area contributed by atoms with Crippen LogP contribution in [0, 0.1) is 5.92 Å². The van der Waals surface area contributed by atoms with Crippen molar-refractivity contribution in [1.29, 1.82) is 0 Å². The molecular weight excluding hydrogens is 162 g/mol. The minimum absolute atomic E-state index is 0.0702. The summed E-state index contributed by atoms with van der Waals surface area (Å²) in [4.78, 5) is 26.3. The van der Waals surface area contributed by atoms with Gasteiger partial charge in [-0.2, -0.15) is 5.06 Å².